The van der Waals surface area contributed by atoms with E-state index >= 15 is 0 Å². The third-order valence-corrected chi connectivity index (χ3v) is 3.43. The quantitative estimate of drug-likeness (QED) is 0.248. The normalized spacial score (nSPS) is 10.4. The van der Waals surface area contributed by atoms with Gasteiger partial charge in [-0.2, -0.15) is 0 Å². The van der Waals surface area contributed by atoms with E-state index in [-0.39, 0.29) is 22.2 Å². The number of non-ortho nitro benzene ring substituents is 1. The number of phenolic OH excluding ortho intramolecular Hbond substituents is 1. The first-order valence-electron chi connectivity index (χ1n) is 6.88. The number of halogens is 1. The number of phenols is 1. The highest BCUT2D eigenvalue weighted by Crippen LogP contribution is 2.27. The maximum atomic E-state index is 11.8. The van der Waals surface area contributed by atoms with E-state index in [9.17, 15) is 20.0 Å². The Bertz CT molecular complexity index is 853. The fourth-order valence-electron chi connectivity index (χ4n) is 1.79. The van der Waals surface area contributed by atoms with Gasteiger partial charge in [-0.25, -0.2) is 0 Å². The monoisotopic (exact) mass is 377 g/mol. The zero-order valence-corrected chi connectivity index (χ0v) is 14.2. The molecule has 0 aromatic heterocycles. The van der Waals surface area contributed by atoms with Gasteiger partial charge in [-0.15, -0.1) is 0 Å². The van der Waals surface area contributed by atoms with Gasteiger partial charge in [0.25, 0.3) is 5.69 Å². The summed E-state index contributed by atoms with van der Waals surface area (Å²) < 4.78 is 0. The van der Waals surface area contributed by atoms with Crippen LogP contribution in [-0.4, -0.2) is 21.0 Å². The SMILES string of the molecule is O=C(/C=C/c1ccc(Cl)cc1)NC(=S)Nc1cc([N+](=O)[O-])ccc1O. The van der Waals surface area contributed by atoms with Gasteiger partial charge < -0.3 is 10.4 Å². The van der Waals surface area contributed by atoms with Gasteiger partial charge in [0.15, 0.2) is 5.11 Å². The number of amides is 1. The second kappa shape index (κ2) is 8.22. The number of benzene rings is 2. The number of aromatic hydroxyl groups is 1. The summed E-state index contributed by atoms with van der Waals surface area (Å²) in [5.74, 6) is -0.740. The summed E-state index contributed by atoms with van der Waals surface area (Å²) in [6, 6.07) is 10.3. The van der Waals surface area contributed by atoms with Crippen LogP contribution in [-0.2, 0) is 4.79 Å². The Morgan fingerprint density at radius 1 is 1.24 bits per heavy atom. The van der Waals surface area contributed by atoms with Gasteiger partial charge in [0.05, 0.1) is 10.6 Å². The lowest BCUT2D eigenvalue weighted by Gasteiger charge is -2.09. The Kier molecular flexibility index (Phi) is 6.04. The highest BCUT2D eigenvalue weighted by Gasteiger charge is 2.11. The van der Waals surface area contributed by atoms with Crippen LogP contribution in [0.1, 0.15) is 5.56 Å². The van der Waals surface area contributed by atoms with Crippen molar-refractivity contribution in [3.05, 3.63) is 69.2 Å². The number of thiocarbonyl (C=S) groups is 1. The molecule has 1 amide bonds. The summed E-state index contributed by atoms with van der Waals surface area (Å²) in [6.45, 7) is 0. The lowest BCUT2D eigenvalue weighted by molar-refractivity contribution is -0.384. The van der Waals surface area contributed by atoms with Crippen molar-refractivity contribution in [2.24, 2.45) is 0 Å². The van der Waals surface area contributed by atoms with Crippen LogP contribution in [0.2, 0.25) is 5.02 Å². The minimum atomic E-state index is -0.610. The molecule has 0 aliphatic carbocycles. The molecule has 0 spiro atoms. The molecule has 128 valence electrons. The molecule has 0 aliphatic rings. The number of hydrogen-bond donors (Lipinski definition) is 3. The zero-order chi connectivity index (χ0) is 18.4. The predicted molar refractivity (Wildman–Crippen MR) is 99.6 cm³/mol. The average Bonchev–Trinajstić information content (AvgIpc) is 2.56. The molecule has 25 heavy (non-hydrogen) atoms. The van der Waals surface area contributed by atoms with Crippen molar-refractivity contribution in [1.82, 2.24) is 5.32 Å². The molecule has 7 nitrogen and oxygen atoms in total. The van der Waals surface area contributed by atoms with E-state index in [1.54, 1.807) is 30.3 Å². The van der Waals surface area contributed by atoms with Crippen LogP contribution >= 0.6 is 23.8 Å². The first-order chi connectivity index (χ1) is 11.8. The third-order valence-electron chi connectivity index (χ3n) is 2.97. The van der Waals surface area contributed by atoms with Gasteiger partial charge >= 0.3 is 0 Å². The van der Waals surface area contributed by atoms with Gasteiger partial charge in [-0.3, -0.25) is 20.2 Å². The summed E-state index contributed by atoms with van der Waals surface area (Å²) in [5.41, 5.74) is 0.563. The van der Waals surface area contributed by atoms with Crippen molar-refractivity contribution in [3.8, 4) is 5.75 Å². The molecule has 2 rings (SSSR count). The molecular formula is C16H12ClN3O4S. The number of carbonyl (C=O) groups is 1. The van der Waals surface area contributed by atoms with E-state index in [0.29, 0.717) is 5.02 Å². The molecule has 0 saturated carbocycles. The van der Waals surface area contributed by atoms with E-state index in [1.807, 2.05) is 0 Å². The Balaban J connectivity index is 1.97. The van der Waals surface area contributed by atoms with Gasteiger partial charge in [0.2, 0.25) is 5.91 Å². The van der Waals surface area contributed by atoms with Crippen LogP contribution < -0.4 is 10.6 Å². The largest absolute Gasteiger partial charge is 0.506 e. The molecule has 3 N–H and O–H groups in total. The first kappa shape index (κ1) is 18.4. The lowest BCUT2D eigenvalue weighted by atomic mass is 10.2. The summed E-state index contributed by atoms with van der Waals surface area (Å²) in [6.07, 6.45) is 2.84. The minimum Gasteiger partial charge on any atom is -0.506 e. The fourth-order valence-corrected chi connectivity index (χ4v) is 2.13. The predicted octanol–water partition coefficient (Wildman–Crippen LogP) is 3.48. The first-order valence-corrected chi connectivity index (χ1v) is 7.67. The van der Waals surface area contributed by atoms with Crippen LogP contribution in [0.3, 0.4) is 0 Å². The molecule has 0 saturated heterocycles. The van der Waals surface area contributed by atoms with Crippen LogP contribution in [0.15, 0.2) is 48.5 Å². The summed E-state index contributed by atoms with van der Waals surface area (Å²) in [7, 11) is 0. The molecular weight excluding hydrogens is 366 g/mol. The second-order valence-corrected chi connectivity index (χ2v) is 5.63. The standard InChI is InChI=1S/C16H12ClN3O4S/c17-11-4-1-10(2-5-11)3-8-15(22)19-16(25)18-13-9-12(20(23)24)6-7-14(13)21/h1-9,21H,(H2,18,19,22,25)/b8-3+. The Labute approximate surface area is 153 Å². The minimum absolute atomic E-state index is 0.0150. The molecule has 0 unspecified atom stereocenters. The molecule has 2 aromatic carbocycles. The van der Waals surface area contributed by atoms with Crippen molar-refractivity contribution >= 4 is 52.3 Å². The number of nitro groups is 1. The Morgan fingerprint density at radius 2 is 1.92 bits per heavy atom. The Hall–Kier alpha value is -2.97. The maximum absolute atomic E-state index is 11.8. The molecule has 0 aliphatic heterocycles. The van der Waals surface area contributed by atoms with E-state index in [0.717, 1.165) is 23.8 Å². The Morgan fingerprint density at radius 3 is 2.56 bits per heavy atom. The number of nitrogens with zero attached hydrogens (tertiary/aromatic N) is 1. The molecule has 0 bridgehead atoms. The maximum Gasteiger partial charge on any atom is 0.271 e. The molecule has 0 radical (unpaired) electrons. The van der Waals surface area contributed by atoms with Crippen molar-refractivity contribution in [1.29, 1.82) is 0 Å². The van der Waals surface area contributed by atoms with Crippen molar-refractivity contribution in [3.63, 3.8) is 0 Å². The van der Waals surface area contributed by atoms with E-state index in [2.05, 4.69) is 10.6 Å². The zero-order valence-electron chi connectivity index (χ0n) is 12.6. The number of nitro benzene ring substituents is 1. The average molecular weight is 378 g/mol. The van der Waals surface area contributed by atoms with Gasteiger partial charge in [-0.05, 0) is 42.1 Å². The molecule has 2 aromatic rings. The topological polar surface area (TPSA) is 104 Å². The van der Waals surface area contributed by atoms with Crippen molar-refractivity contribution < 1.29 is 14.8 Å². The molecule has 0 fully saturated rings. The van der Waals surface area contributed by atoms with Gasteiger partial charge in [0.1, 0.15) is 5.75 Å². The highest BCUT2D eigenvalue weighted by molar-refractivity contribution is 7.80. The smallest absolute Gasteiger partial charge is 0.271 e. The van der Waals surface area contributed by atoms with Crippen molar-refractivity contribution in [2.75, 3.05) is 5.32 Å². The van der Waals surface area contributed by atoms with Crippen LogP contribution in [0.4, 0.5) is 11.4 Å². The summed E-state index contributed by atoms with van der Waals surface area (Å²) >= 11 is 10.7. The van der Waals surface area contributed by atoms with Crippen LogP contribution in [0.5, 0.6) is 5.75 Å². The van der Waals surface area contributed by atoms with Crippen LogP contribution in [0.25, 0.3) is 6.08 Å². The lowest BCUT2D eigenvalue weighted by Crippen LogP contribution is -2.32. The van der Waals surface area contributed by atoms with E-state index < -0.39 is 10.8 Å². The molecule has 9 heteroatoms. The number of anilines is 1. The number of nitrogens with one attached hydrogen (secondary N) is 2. The summed E-state index contributed by atoms with van der Waals surface area (Å²) in [5, 5.41) is 25.8. The summed E-state index contributed by atoms with van der Waals surface area (Å²) in [4.78, 5) is 22.0. The van der Waals surface area contributed by atoms with E-state index in [1.165, 1.54) is 6.08 Å². The van der Waals surface area contributed by atoms with Crippen molar-refractivity contribution in [2.45, 2.75) is 0 Å². The fraction of sp³-hybridized carbons (Fsp3) is 0. The third kappa shape index (κ3) is 5.55. The molecule has 0 atom stereocenters. The number of carbonyl (C=O) groups excluding carboxylic acids is 1. The van der Waals surface area contributed by atoms with Crippen LogP contribution in [0, 0.1) is 10.1 Å². The number of rotatable bonds is 4. The highest BCUT2D eigenvalue weighted by atomic mass is 35.5. The van der Waals surface area contributed by atoms with E-state index in [4.69, 9.17) is 23.8 Å². The number of hydrogen-bond acceptors (Lipinski definition) is 5. The second-order valence-electron chi connectivity index (χ2n) is 4.79. The van der Waals surface area contributed by atoms with Gasteiger partial charge in [0, 0.05) is 23.2 Å². The van der Waals surface area contributed by atoms with Gasteiger partial charge in [-0.1, -0.05) is 23.7 Å². The molecule has 0 heterocycles.